The molecule has 0 aromatic carbocycles. The molecule has 0 bridgehead atoms. The molecule has 0 heteroatoms. The molecule has 0 N–H and O–H groups in total. The van der Waals surface area contributed by atoms with E-state index in [0.29, 0.717) is 0 Å². The lowest BCUT2D eigenvalue weighted by Crippen LogP contribution is -1.94. The Morgan fingerprint density at radius 1 is 1.00 bits per heavy atom. The van der Waals surface area contributed by atoms with Crippen LogP contribution >= 0.6 is 0 Å². The quantitative estimate of drug-likeness (QED) is 0.472. The Morgan fingerprint density at radius 2 is 1.56 bits per heavy atom. The van der Waals surface area contributed by atoms with Crippen LogP contribution in [-0.4, -0.2) is 0 Å². The van der Waals surface area contributed by atoms with Crippen LogP contribution in [0, 0.1) is 5.92 Å². The summed E-state index contributed by atoms with van der Waals surface area (Å²) in [4.78, 5) is 0. The van der Waals surface area contributed by atoms with Gasteiger partial charge in [-0.2, -0.15) is 0 Å². The van der Waals surface area contributed by atoms with Crippen LogP contribution in [0.4, 0.5) is 0 Å². The van der Waals surface area contributed by atoms with Gasteiger partial charge in [0.15, 0.2) is 0 Å². The Bertz CT molecular complexity index is 58.4. The molecule has 1 rings (SSSR count). The molecule has 0 aliphatic heterocycles. The monoisotopic (exact) mass is 126 g/mol. The fraction of sp³-hybridized carbons (Fsp3) is 1.00. The average molecular weight is 126 g/mol. The van der Waals surface area contributed by atoms with Gasteiger partial charge in [-0.1, -0.05) is 51.9 Å². The fourth-order valence-electron chi connectivity index (χ4n) is 1.77. The molecule has 0 aromatic rings. The molecular formula is C9H18. The summed E-state index contributed by atoms with van der Waals surface area (Å²) in [6.07, 6.45) is 10.4. The molecule has 0 nitrogen and oxygen atoms in total. The molecule has 0 amide bonds. The van der Waals surface area contributed by atoms with Crippen molar-refractivity contribution in [3.63, 3.8) is 0 Å². The van der Waals surface area contributed by atoms with Crippen molar-refractivity contribution in [1.29, 1.82) is 0 Å². The van der Waals surface area contributed by atoms with E-state index in [1.54, 1.807) is 0 Å². The SMILES string of the molecule is CCC1CCCCCC1. The Balaban J connectivity index is 2.18. The first-order chi connectivity index (χ1) is 4.43. The topological polar surface area (TPSA) is 0 Å². The summed E-state index contributed by atoms with van der Waals surface area (Å²) in [7, 11) is 0. The fourth-order valence-corrected chi connectivity index (χ4v) is 1.77. The van der Waals surface area contributed by atoms with Crippen LogP contribution in [0.3, 0.4) is 0 Å². The van der Waals surface area contributed by atoms with Crippen LogP contribution in [0.5, 0.6) is 0 Å². The molecule has 1 saturated carbocycles. The van der Waals surface area contributed by atoms with Crippen LogP contribution in [0.2, 0.25) is 0 Å². The molecule has 9 heavy (non-hydrogen) atoms. The molecule has 0 saturated heterocycles. The minimum absolute atomic E-state index is 1.08. The number of hydrogen-bond acceptors (Lipinski definition) is 0. The van der Waals surface area contributed by atoms with Crippen LogP contribution < -0.4 is 0 Å². The molecule has 0 radical (unpaired) electrons. The van der Waals surface area contributed by atoms with Crippen molar-refractivity contribution in [3.05, 3.63) is 0 Å². The van der Waals surface area contributed by atoms with Crippen LogP contribution in [0.25, 0.3) is 0 Å². The van der Waals surface area contributed by atoms with Gasteiger partial charge in [-0.15, -0.1) is 0 Å². The summed E-state index contributed by atoms with van der Waals surface area (Å²) in [6.45, 7) is 2.33. The lowest BCUT2D eigenvalue weighted by molar-refractivity contribution is 0.446. The molecule has 0 unspecified atom stereocenters. The maximum absolute atomic E-state index is 2.33. The van der Waals surface area contributed by atoms with Crippen LogP contribution in [0.1, 0.15) is 51.9 Å². The van der Waals surface area contributed by atoms with Gasteiger partial charge >= 0.3 is 0 Å². The Morgan fingerprint density at radius 3 is 2.00 bits per heavy atom. The zero-order valence-corrected chi connectivity index (χ0v) is 6.53. The summed E-state index contributed by atoms with van der Waals surface area (Å²) in [5.74, 6) is 1.08. The van der Waals surface area contributed by atoms with E-state index in [1.807, 2.05) is 0 Å². The normalized spacial score (nSPS) is 23.7. The van der Waals surface area contributed by atoms with Gasteiger partial charge in [0, 0.05) is 0 Å². The largest absolute Gasteiger partial charge is 0.0651 e. The van der Waals surface area contributed by atoms with Crippen molar-refractivity contribution in [2.75, 3.05) is 0 Å². The molecule has 1 aliphatic carbocycles. The third-order valence-corrected chi connectivity index (χ3v) is 2.55. The summed E-state index contributed by atoms with van der Waals surface area (Å²) in [5.41, 5.74) is 0. The van der Waals surface area contributed by atoms with Gasteiger partial charge in [0.2, 0.25) is 0 Å². The van der Waals surface area contributed by atoms with Gasteiger partial charge in [-0.25, -0.2) is 0 Å². The molecule has 0 atom stereocenters. The van der Waals surface area contributed by atoms with Gasteiger partial charge in [-0.05, 0) is 5.92 Å². The molecule has 1 aliphatic rings. The van der Waals surface area contributed by atoms with E-state index in [9.17, 15) is 0 Å². The second-order valence-corrected chi connectivity index (χ2v) is 3.27. The molecular weight excluding hydrogens is 108 g/mol. The van der Waals surface area contributed by atoms with E-state index in [-0.39, 0.29) is 0 Å². The standard InChI is InChI=1S/C9H18/c1-2-9-7-5-3-4-6-8-9/h9H,2-8H2,1H3. The van der Waals surface area contributed by atoms with Gasteiger partial charge in [0.25, 0.3) is 0 Å². The maximum atomic E-state index is 2.33. The highest BCUT2D eigenvalue weighted by molar-refractivity contribution is 4.62. The predicted octanol–water partition coefficient (Wildman–Crippen LogP) is 3.37. The van der Waals surface area contributed by atoms with Crippen molar-refractivity contribution in [3.8, 4) is 0 Å². The Hall–Kier alpha value is 0. The van der Waals surface area contributed by atoms with Crippen LogP contribution in [-0.2, 0) is 0 Å². The molecule has 54 valence electrons. The van der Waals surface area contributed by atoms with E-state index in [4.69, 9.17) is 0 Å². The number of rotatable bonds is 1. The first-order valence-corrected chi connectivity index (χ1v) is 4.43. The van der Waals surface area contributed by atoms with E-state index in [2.05, 4.69) is 6.92 Å². The maximum Gasteiger partial charge on any atom is -0.0417 e. The Kier molecular flexibility index (Phi) is 3.10. The van der Waals surface area contributed by atoms with Crippen molar-refractivity contribution in [2.45, 2.75) is 51.9 Å². The first kappa shape index (κ1) is 7.11. The minimum Gasteiger partial charge on any atom is -0.0651 e. The molecule has 0 aromatic heterocycles. The highest BCUT2D eigenvalue weighted by Crippen LogP contribution is 2.24. The Labute approximate surface area is 58.7 Å². The zero-order valence-electron chi connectivity index (χ0n) is 6.53. The lowest BCUT2D eigenvalue weighted by atomic mass is 9.98. The summed E-state index contributed by atoms with van der Waals surface area (Å²) >= 11 is 0. The highest BCUT2D eigenvalue weighted by Gasteiger charge is 2.08. The van der Waals surface area contributed by atoms with Crippen molar-refractivity contribution >= 4 is 0 Å². The molecule has 0 spiro atoms. The van der Waals surface area contributed by atoms with Crippen molar-refractivity contribution in [1.82, 2.24) is 0 Å². The van der Waals surface area contributed by atoms with Gasteiger partial charge in [0.1, 0.15) is 0 Å². The van der Waals surface area contributed by atoms with E-state index in [1.165, 1.54) is 44.9 Å². The second kappa shape index (κ2) is 3.92. The summed E-state index contributed by atoms with van der Waals surface area (Å²) in [5, 5.41) is 0. The third-order valence-electron chi connectivity index (χ3n) is 2.55. The van der Waals surface area contributed by atoms with Gasteiger partial charge in [0.05, 0.1) is 0 Å². The lowest BCUT2D eigenvalue weighted by Gasteiger charge is -2.08. The zero-order chi connectivity index (χ0) is 6.53. The third kappa shape index (κ3) is 2.38. The average Bonchev–Trinajstić information content (AvgIpc) is 2.13. The predicted molar refractivity (Wildman–Crippen MR) is 41.5 cm³/mol. The van der Waals surface area contributed by atoms with E-state index in [0.717, 1.165) is 5.92 Å². The number of hydrogen-bond donors (Lipinski definition) is 0. The van der Waals surface area contributed by atoms with Crippen molar-refractivity contribution < 1.29 is 0 Å². The van der Waals surface area contributed by atoms with E-state index >= 15 is 0 Å². The summed E-state index contributed by atoms with van der Waals surface area (Å²) in [6, 6.07) is 0. The molecule has 1 fully saturated rings. The smallest absolute Gasteiger partial charge is 0.0417 e. The molecule has 0 heterocycles. The van der Waals surface area contributed by atoms with E-state index < -0.39 is 0 Å². The minimum atomic E-state index is 1.08. The summed E-state index contributed by atoms with van der Waals surface area (Å²) < 4.78 is 0. The van der Waals surface area contributed by atoms with Gasteiger partial charge in [-0.3, -0.25) is 0 Å². The van der Waals surface area contributed by atoms with Crippen LogP contribution in [0.15, 0.2) is 0 Å². The second-order valence-electron chi connectivity index (χ2n) is 3.27. The van der Waals surface area contributed by atoms with Crippen molar-refractivity contribution in [2.24, 2.45) is 5.92 Å². The van der Waals surface area contributed by atoms with Gasteiger partial charge < -0.3 is 0 Å². The highest BCUT2D eigenvalue weighted by atomic mass is 14.1. The first-order valence-electron chi connectivity index (χ1n) is 4.43.